The Balaban J connectivity index is 1.73. The van der Waals surface area contributed by atoms with Gasteiger partial charge in [-0.2, -0.15) is 0 Å². The molecular weight excluding hydrogens is 470 g/mol. The average Bonchev–Trinajstić information content (AvgIpc) is 3.23. The summed E-state index contributed by atoms with van der Waals surface area (Å²) in [6, 6.07) is 2.40. The van der Waals surface area contributed by atoms with Crippen molar-refractivity contribution in [1.82, 2.24) is 20.4 Å². The van der Waals surface area contributed by atoms with Crippen LogP contribution < -0.4 is 5.32 Å². The van der Waals surface area contributed by atoms with Crippen LogP contribution in [-0.4, -0.2) is 64.4 Å². The average molecular weight is 497 g/mol. The fourth-order valence-corrected chi connectivity index (χ4v) is 4.20. The van der Waals surface area contributed by atoms with Crippen molar-refractivity contribution in [3.8, 4) is 10.6 Å². The number of hydrogen-bond donors (Lipinski definition) is 1. The molecule has 1 N–H and O–H groups in total. The molecular formula is C22H26F2N4O5S. The van der Waals surface area contributed by atoms with Gasteiger partial charge in [-0.3, -0.25) is 9.59 Å². The van der Waals surface area contributed by atoms with Crippen molar-refractivity contribution in [2.75, 3.05) is 19.7 Å². The largest absolute Gasteiger partial charge is 0.466 e. The molecule has 12 heteroatoms. The lowest BCUT2D eigenvalue weighted by molar-refractivity contribution is -0.150. The van der Waals surface area contributed by atoms with Crippen molar-refractivity contribution < 1.29 is 32.6 Å². The molecule has 0 aliphatic carbocycles. The number of likely N-dealkylation sites (tertiary alicyclic amines) is 1. The van der Waals surface area contributed by atoms with Crippen LogP contribution in [0.4, 0.5) is 13.6 Å². The molecule has 1 fully saturated rings. The molecule has 0 unspecified atom stereocenters. The Morgan fingerprint density at radius 1 is 1.24 bits per heavy atom. The smallest absolute Gasteiger partial charge is 0.410 e. The van der Waals surface area contributed by atoms with Gasteiger partial charge in [0.2, 0.25) is 5.01 Å². The number of piperidine rings is 1. The minimum Gasteiger partial charge on any atom is -0.466 e. The van der Waals surface area contributed by atoms with E-state index in [0.29, 0.717) is 0 Å². The Hall–Kier alpha value is -3.15. The Morgan fingerprint density at radius 2 is 1.97 bits per heavy atom. The van der Waals surface area contributed by atoms with Crippen LogP contribution in [0.5, 0.6) is 0 Å². The molecule has 9 nitrogen and oxygen atoms in total. The van der Waals surface area contributed by atoms with E-state index in [4.69, 9.17) is 9.47 Å². The van der Waals surface area contributed by atoms with Crippen molar-refractivity contribution in [2.45, 2.75) is 45.8 Å². The Bertz CT molecular complexity index is 1070. The molecule has 34 heavy (non-hydrogen) atoms. The van der Waals surface area contributed by atoms with Gasteiger partial charge in [-0.15, -0.1) is 10.2 Å². The lowest BCUT2D eigenvalue weighted by atomic mass is 9.92. The number of halogens is 2. The molecule has 0 bridgehead atoms. The minimum atomic E-state index is -0.819. The normalized spacial score (nSPS) is 18.4. The first kappa shape index (κ1) is 25.5. The van der Waals surface area contributed by atoms with Gasteiger partial charge in [-0.1, -0.05) is 11.3 Å². The standard InChI is InChI=1S/C22H26F2N4O5S/c1-5-32-20(30)14-11-28(21(31)33-22(2,3)4)9-8-16(14)25-17(29)19-27-26-18(34-19)13-7-6-12(23)10-15(13)24/h6-7,10,14,16H,5,8-9,11H2,1-4H3,(H,25,29)/t14-,16+/m1/s1. The number of ether oxygens (including phenoxy) is 2. The van der Waals surface area contributed by atoms with Crippen molar-refractivity contribution in [3.05, 3.63) is 34.8 Å². The molecule has 2 heterocycles. The molecule has 1 aromatic carbocycles. The fourth-order valence-electron chi connectivity index (χ4n) is 3.42. The topological polar surface area (TPSA) is 111 Å². The monoisotopic (exact) mass is 496 g/mol. The number of nitrogens with one attached hydrogen (secondary N) is 1. The van der Waals surface area contributed by atoms with Crippen molar-refractivity contribution in [3.63, 3.8) is 0 Å². The molecule has 0 saturated carbocycles. The van der Waals surface area contributed by atoms with E-state index in [1.807, 2.05) is 0 Å². The predicted molar refractivity (Wildman–Crippen MR) is 119 cm³/mol. The molecule has 1 aliphatic heterocycles. The minimum absolute atomic E-state index is 0.0147. The van der Waals surface area contributed by atoms with Crippen LogP contribution in [0.1, 0.15) is 43.9 Å². The summed E-state index contributed by atoms with van der Waals surface area (Å²) >= 11 is 0.837. The van der Waals surface area contributed by atoms with Gasteiger partial charge < -0.3 is 19.7 Å². The summed E-state index contributed by atoms with van der Waals surface area (Å²) in [6.07, 6.45) is -0.270. The van der Waals surface area contributed by atoms with E-state index in [1.165, 1.54) is 11.0 Å². The lowest BCUT2D eigenvalue weighted by Crippen LogP contribution is -2.55. The highest BCUT2D eigenvalue weighted by Gasteiger charge is 2.39. The first-order valence-corrected chi connectivity index (χ1v) is 11.5. The number of carbonyl (C=O) groups excluding carboxylic acids is 3. The van der Waals surface area contributed by atoms with E-state index in [1.54, 1.807) is 27.7 Å². The second-order valence-corrected chi connectivity index (χ2v) is 9.67. The van der Waals surface area contributed by atoms with Crippen LogP contribution >= 0.6 is 11.3 Å². The van der Waals surface area contributed by atoms with E-state index in [-0.39, 0.29) is 41.7 Å². The summed E-state index contributed by atoms with van der Waals surface area (Å²) in [5, 5.41) is 10.5. The van der Waals surface area contributed by atoms with Crippen LogP contribution in [-0.2, 0) is 14.3 Å². The molecule has 0 spiro atoms. The molecule has 1 saturated heterocycles. The van der Waals surface area contributed by atoms with E-state index in [2.05, 4.69) is 15.5 Å². The quantitative estimate of drug-likeness (QED) is 0.632. The third kappa shape index (κ3) is 6.25. The lowest BCUT2D eigenvalue weighted by Gasteiger charge is -2.37. The van der Waals surface area contributed by atoms with Gasteiger partial charge >= 0.3 is 12.1 Å². The Labute approximate surface area is 199 Å². The summed E-state index contributed by atoms with van der Waals surface area (Å²) in [7, 11) is 0. The van der Waals surface area contributed by atoms with Crippen LogP contribution in [0.25, 0.3) is 10.6 Å². The zero-order chi connectivity index (χ0) is 25.0. The molecule has 1 aliphatic rings. The van der Waals surface area contributed by atoms with Gasteiger partial charge in [0.05, 0.1) is 12.5 Å². The summed E-state index contributed by atoms with van der Waals surface area (Å²) in [5.41, 5.74) is -0.672. The summed E-state index contributed by atoms with van der Waals surface area (Å²) in [4.78, 5) is 39.3. The fraction of sp³-hybridized carbons (Fsp3) is 0.500. The van der Waals surface area contributed by atoms with Gasteiger partial charge in [-0.25, -0.2) is 13.6 Å². The van der Waals surface area contributed by atoms with Crippen LogP contribution in [0, 0.1) is 17.6 Å². The summed E-state index contributed by atoms with van der Waals surface area (Å²) in [5.74, 6) is -3.51. The van der Waals surface area contributed by atoms with Crippen LogP contribution in [0.15, 0.2) is 18.2 Å². The highest BCUT2D eigenvalue weighted by molar-refractivity contribution is 7.16. The molecule has 2 atom stereocenters. The number of amides is 2. The van der Waals surface area contributed by atoms with Gasteiger partial charge in [-0.05, 0) is 46.2 Å². The predicted octanol–water partition coefficient (Wildman–Crippen LogP) is 3.40. The second kappa shape index (κ2) is 10.4. The van der Waals surface area contributed by atoms with E-state index in [9.17, 15) is 23.2 Å². The number of aromatic nitrogens is 2. The Kier molecular flexibility index (Phi) is 7.80. The molecule has 0 radical (unpaired) electrons. The van der Waals surface area contributed by atoms with E-state index < -0.39 is 47.2 Å². The maximum atomic E-state index is 14.0. The number of nitrogens with zero attached hydrogens (tertiary/aromatic N) is 3. The molecule has 184 valence electrons. The maximum absolute atomic E-state index is 14.0. The van der Waals surface area contributed by atoms with Gasteiger partial charge in [0.1, 0.15) is 17.2 Å². The third-order valence-corrected chi connectivity index (χ3v) is 5.91. The number of benzene rings is 1. The second-order valence-electron chi connectivity index (χ2n) is 8.69. The number of carbonyl (C=O) groups is 3. The van der Waals surface area contributed by atoms with Gasteiger partial charge in [0.15, 0.2) is 5.01 Å². The van der Waals surface area contributed by atoms with Crippen molar-refractivity contribution in [1.29, 1.82) is 0 Å². The summed E-state index contributed by atoms with van der Waals surface area (Å²) in [6.45, 7) is 7.32. The van der Waals surface area contributed by atoms with Crippen molar-refractivity contribution >= 4 is 29.3 Å². The molecule has 1 aromatic heterocycles. The zero-order valence-corrected chi connectivity index (χ0v) is 20.1. The van der Waals surface area contributed by atoms with Gasteiger partial charge in [0, 0.05) is 30.8 Å². The van der Waals surface area contributed by atoms with E-state index >= 15 is 0 Å². The maximum Gasteiger partial charge on any atom is 0.410 e. The first-order chi connectivity index (χ1) is 16.0. The highest BCUT2D eigenvalue weighted by atomic mass is 32.1. The number of esters is 1. The number of rotatable bonds is 5. The van der Waals surface area contributed by atoms with Gasteiger partial charge in [0.25, 0.3) is 5.91 Å². The van der Waals surface area contributed by atoms with Crippen LogP contribution in [0.2, 0.25) is 0 Å². The third-order valence-electron chi connectivity index (χ3n) is 4.95. The number of hydrogen-bond acceptors (Lipinski definition) is 8. The zero-order valence-electron chi connectivity index (χ0n) is 19.3. The Morgan fingerprint density at radius 3 is 2.62 bits per heavy atom. The van der Waals surface area contributed by atoms with Crippen molar-refractivity contribution in [2.24, 2.45) is 5.92 Å². The molecule has 3 rings (SSSR count). The van der Waals surface area contributed by atoms with E-state index in [0.717, 1.165) is 23.5 Å². The summed E-state index contributed by atoms with van der Waals surface area (Å²) < 4.78 is 37.7. The SMILES string of the molecule is CCOC(=O)[C@@H]1CN(C(=O)OC(C)(C)C)CC[C@@H]1NC(=O)c1nnc(-c2ccc(F)cc2F)s1. The first-order valence-electron chi connectivity index (χ1n) is 10.7. The highest BCUT2D eigenvalue weighted by Crippen LogP contribution is 2.27. The molecule has 2 amide bonds. The van der Waals surface area contributed by atoms with Crippen LogP contribution in [0.3, 0.4) is 0 Å². The molecule has 2 aromatic rings.